The van der Waals surface area contributed by atoms with E-state index in [4.69, 9.17) is 0 Å². The highest BCUT2D eigenvalue weighted by Crippen LogP contribution is 2.12. The van der Waals surface area contributed by atoms with Crippen LogP contribution in [0.4, 0.5) is 0 Å². The van der Waals surface area contributed by atoms with Crippen molar-refractivity contribution in [1.29, 1.82) is 0 Å². The van der Waals surface area contributed by atoms with Crippen LogP contribution in [0.25, 0.3) is 0 Å². The Hall–Kier alpha value is 0.0249. The summed E-state index contributed by atoms with van der Waals surface area (Å²) in [7, 11) is 5.52. The van der Waals surface area contributed by atoms with Gasteiger partial charge in [-0.1, -0.05) is 20.7 Å². The van der Waals surface area contributed by atoms with Crippen molar-refractivity contribution >= 4 is 7.28 Å². The molecule has 1 atom stereocenters. The first-order valence-corrected chi connectivity index (χ1v) is 3.74. The molecule has 0 spiro atoms. The van der Waals surface area contributed by atoms with E-state index in [0.29, 0.717) is 5.44 Å². The first-order valence-electron chi connectivity index (χ1n) is 3.74. The molecule has 1 nitrogen and oxygen atoms in total. The quantitative estimate of drug-likeness (QED) is 0.514. The molecule has 0 amide bonds. The highest BCUT2D eigenvalue weighted by molar-refractivity contribution is 6.38. The summed E-state index contributed by atoms with van der Waals surface area (Å²) >= 11 is 0. The van der Waals surface area contributed by atoms with Crippen LogP contribution in [-0.2, 0) is 0 Å². The summed E-state index contributed by atoms with van der Waals surface area (Å²) in [5.74, 6) is 0. The summed E-state index contributed by atoms with van der Waals surface area (Å²) in [6.07, 6.45) is 1.23. The topological polar surface area (TPSA) is 3.24 Å². The largest absolute Gasteiger partial charge is 0.311 e. The molecule has 0 aliphatic carbocycles. The van der Waals surface area contributed by atoms with Gasteiger partial charge in [0.05, 0.1) is 0 Å². The van der Waals surface area contributed by atoms with Crippen LogP contribution >= 0.6 is 0 Å². The normalized spacial score (nSPS) is 17.6. The van der Waals surface area contributed by atoms with Gasteiger partial charge in [0.15, 0.2) is 0 Å². The number of hydrogen-bond acceptors (Lipinski definition) is 1. The molecule has 0 rings (SSSR count). The lowest BCUT2D eigenvalue weighted by Gasteiger charge is -2.34. The maximum absolute atomic E-state index is 2.30. The van der Waals surface area contributed by atoms with Gasteiger partial charge >= 0.3 is 0 Å². The summed E-state index contributed by atoms with van der Waals surface area (Å²) in [6.45, 7) is 6.78. The van der Waals surface area contributed by atoms with E-state index in [1.807, 2.05) is 0 Å². The molecule has 2 heteroatoms. The molecule has 0 aliphatic rings. The summed E-state index contributed by atoms with van der Waals surface area (Å²) in [6, 6.07) is 0. The van der Waals surface area contributed by atoms with E-state index in [1.165, 1.54) is 13.7 Å². The van der Waals surface area contributed by atoms with Crippen molar-refractivity contribution in [2.75, 3.05) is 14.1 Å². The molecule has 0 aromatic carbocycles. The number of nitrogens with zero attached hydrogens (tertiary/aromatic N) is 1. The van der Waals surface area contributed by atoms with Crippen LogP contribution in [-0.4, -0.2) is 31.7 Å². The molecule has 9 heavy (non-hydrogen) atoms. The van der Waals surface area contributed by atoms with Gasteiger partial charge in [0.1, 0.15) is 7.28 Å². The SMILES string of the molecule is CBC(C)(CC)N(C)C. The van der Waals surface area contributed by atoms with Crippen LogP contribution < -0.4 is 0 Å². The fraction of sp³-hybridized carbons (Fsp3) is 1.00. The van der Waals surface area contributed by atoms with Gasteiger partial charge in [0, 0.05) is 0 Å². The third kappa shape index (κ3) is 2.01. The first-order chi connectivity index (χ1) is 4.06. The molecular formula is C7H18BN. The van der Waals surface area contributed by atoms with Crippen LogP contribution in [0, 0.1) is 0 Å². The van der Waals surface area contributed by atoms with Gasteiger partial charge in [0.2, 0.25) is 0 Å². The highest BCUT2D eigenvalue weighted by atomic mass is 15.1. The first kappa shape index (κ1) is 9.02. The fourth-order valence-corrected chi connectivity index (χ4v) is 0.882. The van der Waals surface area contributed by atoms with Crippen LogP contribution in [0.15, 0.2) is 0 Å². The Balaban J connectivity index is 3.92. The zero-order valence-electron chi connectivity index (χ0n) is 7.36. The molecule has 0 radical (unpaired) electrons. The Bertz CT molecular complexity index is 77.0. The predicted molar refractivity (Wildman–Crippen MR) is 45.4 cm³/mol. The van der Waals surface area contributed by atoms with Crippen LogP contribution in [0.3, 0.4) is 0 Å². The van der Waals surface area contributed by atoms with Gasteiger partial charge in [0.25, 0.3) is 0 Å². The van der Waals surface area contributed by atoms with Crippen LogP contribution in [0.5, 0.6) is 0 Å². The van der Waals surface area contributed by atoms with E-state index in [0.717, 1.165) is 0 Å². The molecule has 0 saturated carbocycles. The summed E-state index contributed by atoms with van der Waals surface area (Å²) < 4.78 is 0. The van der Waals surface area contributed by atoms with Crippen molar-refractivity contribution in [3.63, 3.8) is 0 Å². The Kier molecular flexibility index (Phi) is 3.27. The minimum absolute atomic E-state index is 0.417. The van der Waals surface area contributed by atoms with Crippen molar-refractivity contribution in [2.45, 2.75) is 32.5 Å². The molecule has 0 aliphatic heterocycles. The monoisotopic (exact) mass is 127 g/mol. The van der Waals surface area contributed by atoms with Gasteiger partial charge in [-0.05, 0) is 26.0 Å². The number of rotatable bonds is 3. The zero-order valence-corrected chi connectivity index (χ0v) is 7.36. The summed E-state index contributed by atoms with van der Waals surface area (Å²) in [5, 5.41) is 0. The van der Waals surface area contributed by atoms with Crippen LogP contribution in [0.2, 0.25) is 6.82 Å². The Morgan fingerprint density at radius 1 is 1.44 bits per heavy atom. The average Bonchev–Trinajstić information content (AvgIpc) is 1.86. The van der Waals surface area contributed by atoms with Crippen molar-refractivity contribution < 1.29 is 0 Å². The van der Waals surface area contributed by atoms with Gasteiger partial charge in [-0.2, -0.15) is 0 Å². The second-order valence-electron chi connectivity index (χ2n) is 3.10. The lowest BCUT2D eigenvalue weighted by molar-refractivity contribution is 0.257. The smallest absolute Gasteiger partial charge is 0.142 e. The van der Waals surface area contributed by atoms with E-state index in [2.05, 4.69) is 39.7 Å². The third-order valence-corrected chi connectivity index (χ3v) is 2.60. The molecule has 0 saturated heterocycles. The van der Waals surface area contributed by atoms with E-state index in [9.17, 15) is 0 Å². The minimum Gasteiger partial charge on any atom is -0.311 e. The second kappa shape index (κ2) is 3.26. The Morgan fingerprint density at radius 3 is 1.89 bits per heavy atom. The van der Waals surface area contributed by atoms with Crippen molar-refractivity contribution in [2.24, 2.45) is 0 Å². The van der Waals surface area contributed by atoms with Gasteiger partial charge in [-0.15, -0.1) is 0 Å². The van der Waals surface area contributed by atoms with E-state index >= 15 is 0 Å². The molecular weight excluding hydrogens is 109 g/mol. The highest BCUT2D eigenvalue weighted by Gasteiger charge is 2.21. The van der Waals surface area contributed by atoms with Gasteiger partial charge in [-0.25, -0.2) is 0 Å². The second-order valence-corrected chi connectivity index (χ2v) is 3.10. The maximum atomic E-state index is 2.30. The third-order valence-electron chi connectivity index (χ3n) is 2.60. The predicted octanol–water partition coefficient (Wildman–Crippen LogP) is 1.16. The number of hydrogen-bond donors (Lipinski definition) is 0. The molecule has 0 N–H and O–H groups in total. The van der Waals surface area contributed by atoms with Crippen molar-refractivity contribution in [1.82, 2.24) is 4.90 Å². The average molecular weight is 127 g/mol. The van der Waals surface area contributed by atoms with Crippen LogP contribution in [0.1, 0.15) is 20.3 Å². The zero-order chi connectivity index (χ0) is 7.49. The lowest BCUT2D eigenvalue weighted by Crippen LogP contribution is -2.44. The molecule has 0 aromatic rings. The Labute approximate surface area is 59.7 Å². The fourth-order valence-electron chi connectivity index (χ4n) is 0.882. The maximum Gasteiger partial charge on any atom is 0.142 e. The van der Waals surface area contributed by atoms with Crippen molar-refractivity contribution in [3.8, 4) is 0 Å². The van der Waals surface area contributed by atoms with E-state index in [-0.39, 0.29) is 0 Å². The van der Waals surface area contributed by atoms with Gasteiger partial charge < -0.3 is 4.90 Å². The molecule has 1 unspecified atom stereocenters. The molecule has 54 valence electrons. The van der Waals surface area contributed by atoms with E-state index < -0.39 is 0 Å². The molecule has 0 heterocycles. The lowest BCUT2D eigenvalue weighted by atomic mass is 9.59. The van der Waals surface area contributed by atoms with Gasteiger partial charge in [-0.3, -0.25) is 0 Å². The Morgan fingerprint density at radius 2 is 1.89 bits per heavy atom. The van der Waals surface area contributed by atoms with Crippen molar-refractivity contribution in [3.05, 3.63) is 0 Å². The van der Waals surface area contributed by atoms with E-state index in [1.54, 1.807) is 0 Å². The minimum atomic E-state index is 0.417. The summed E-state index contributed by atoms with van der Waals surface area (Å²) in [4.78, 5) is 2.30. The molecule has 0 aromatic heterocycles. The molecule has 0 fully saturated rings. The summed E-state index contributed by atoms with van der Waals surface area (Å²) in [5.41, 5.74) is 0.417. The molecule has 0 bridgehead atoms. The standard InChI is InChI=1S/C7H18BN/c1-6-7(2,8-3)9(4)5/h8H,6H2,1-5H3.